The van der Waals surface area contributed by atoms with Crippen LogP contribution >= 0.6 is 0 Å². The number of ether oxygens (including phenoxy) is 1. The standard InChI is InChI=1S/C18H16N2O3/c1-13(12-23-15-8-6-14(7-9-15)20(21)22)16-10-11-19-18-5-3-2-4-17(16)18/h2-11,13H,12H2,1H3/t13-/m1/s1. The SMILES string of the molecule is C[C@H](COc1ccc([N+](=O)[O-])cc1)c1ccnc2ccccc12. The number of aromatic nitrogens is 1. The minimum Gasteiger partial charge on any atom is -0.493 e. The number of fused-ring (bicyclic) bond motifs is 1. The normalized spacial score (nSPS) is 12.0. The molecule has 1 atom stereocenters. The van der Waals surface area contributed by atoms with Crippen LogP contribution in [0.15, 0.2) is 60.8 Å². The highest BCUT2D eigenvalue weighted by molar-refractivity contribution is 5.82. The summed E-state index contributed by atoms with van der Waals surface area (Å²) < 4.78 is 5.76. The molecule has 2 aromatic carbocycles. The van der Waals surface area contributed by atoms with Gasteiger partial charge >= 0.3 is 0 Å². The van der Waals surface area contributed by atoms with Gasteiger partial charge in [0.2, 0.25) is 0 Å². The molecule has 0 aliphatic carbocycles. The van der Waals surface area contributed by atoms with Gasteiger partial charge in [-0.1, -0.05) is 25.1 Å². The summed E-state index contributed by atoms with van der Waals surface area (Å²) in [7, 11) is 0. The zero-order chi connectivity index (χ0) is 16.2. The van der Waals surface area contributed by atoms with E-state index in [1.54, 1.807) is 18.3 Å². The number of nitrogens with zero attached hydrogens (tertiary/aromatic N) is 2. The molecule has 0 N–H and O–H groups in total. The van der Waals surface area contributed by atoms with E-state index >= 15 is 0 Å². The molecule has 0 fully saturated rings. The molecule has 5 heteroatoms. The van der Waals surface area contributed by atoms with Gasteiger partial charge < -0.3 is 4.74 Å². The van der Waals surface area contributed by atoms with E-state index in [4.69, 9.17) is 4.74 Å². The molecule has 0 saturated heterocycles. The smallest absolute Gasteiger partial charge is 0.269 e. The number of rotatable bonds is 5. The number of pyridine rings is 1. The molecule has 1 aromatic heterocycles. The van der Waals surface area contributed by atoms with Gasteiger partial charge in [-0.2, -0.15) is 0 Å². The summed E-state index contributed by atoms with van der Waals surface area (Å²) in [6.07, 6.45) is 1.81. The summed E-state index contributed by atoms with van der Waals surface area (Å²) in [5, 5.41) is 11.8. The first-order valence-electron chi connectivity index (χ1n) is 7.36. The molecule has 0 aliphatic heterocycles. The third kappa shape index (κ3) is 3.29. The fourth-order valence-electron chi connectivity index (χ4n) is 2.52. The Kier molecular flexibility index (Phi) is 4.19. The second kappa shape index (κ2) is 6.44. The van der Waals surface area contributed by atoms with Crippen molar-refractivity contribution in [2.45, 2.75) is 12.8 Å². The van der Waals surface area contributed by atoms with Crippen molar-refractivity contribution in [1.29, 1.82) is 0 Å². The molecule has 0 aliphatic rings. The quantitative estimate of drug-likeness (QED) is 0.520. The van der Waals surface area contributed by atoms with E-state index in [-0.39, 0.29) is 11.6 Å². The van der Waals surface area contributed by atoms with E-state index in [1.807, 2.05) is 24.3 Å². The maximum absolute atomic E-state index is 10.6. The van der Waals surface area contributed by atoms with Crippen molar-refractivity contribution in [2.24, 2.45) is 0 Å². The predicted molar refractivity (Wildman–Crippen MR) is 88.7 cm³/mol. The van der Waals surface area contributed by atoms with Crippen LogP contribution < -0.4 is 4.74 Å². The molecule has 0 spiro atoms. The lowest BCUT2D eigenvalue weighted by molar-refractivity contribution is -0.384. The van der Waals surface area contributed by atoms with Crippen LogP contribution in [-0.2, 0) is 0 Å². The van der Waals surface area contributed by atoms with Crippen molar-refractivity contribution >= 4 is 16.6 Å². The first-order valence-corrected chi connectivity index (χ1v) is 7.36. The van der Waals surface area contributed by atoms with Gasteiger partial charge in [0, 0.05) is 29.6 Å². The van der Waals surface area contributed by atoms with Crippen LogP contribution in [0.2, 0.25) is 0 Å². The molecule has 5 nitrogen and oxygen atoms in total. The van der Waals surface area contributed by atoms with Crippen LogP contribution in [0, 0.1) is 10.1 Å². The Hall–Kier alpha value is -2.95. The van der Waals surface area contributed by atoms with Gasteiger partial charge in [-0.05, 0) is 29.8 Å². The van der Waals surface area contributed by atoms with Crippen LogP contribution in [0.4, 0.5) is 5.69 Å². The Balaban J connectivity index is 1.73. The second-order valence-electron chi connectivity index (χ2n) is 5.38. The summed E-state index contributed by atoms with van der Waals surface area (Å²) in [6, 6.07) is 16.2. The Morgan fingerprint density at radius 2 is 1.87 bits per heavy atom. The summed E-state index contributed by atoms with van der Waals surface area (Å²) in [5.41, 5.74) is 2.20. The van der Waals surface area contributed by atoms with E-state index in [1.165, 1.54) is 17.7 Å². The Bertz CT molecular complexity index is 826. The molecule has 0 radical (unpaired) electrons. The van der Waals surface area contributed by atoms with Crippen molar-refractivity contribution in [3.63, 3.8) is 0 Å². The van der Waals surface area contributed by atoms with Crippen LogP contribution in [0.25, 0.3) is 10.9 Å². The van der Waals surface area contributed by atoms with Gasteiger partial charge in [0.15, 0.2) is 0 Å². The molecule has 0 unspecified atom stereocenters. The fourth-order valence-corrected chi connectivity index (χ4v) is 2.52. The van der Waals surface area contributed by atoms with E-state index < -0.39 is 4.92 Å². The Morgan fingerprint density at radius 1 is 1.13 bits per heavy atom. The van der Waals surface area contributed by atoms with Crippen molar-refractivity contribution < 1.29 is 9.66 Å². The first-order chi connectivity index (χ1) is 11.1. The van der Waals surface area contributed by atoms with Crippen molar-refractivity contribution in [2.75, 3.05) is 6.61 Å². The summed E-state index contributed by atoms with van der Waals surface area (Å²) in [5.74, 6) is 0.805. The molecule has 116 valence electrons. The lowest BCUT2D eigenvalue weighted by Gasteiger charge is -2.15. The van der Waals surface area contributed by atoms with Crippen LogP contribution in [-0.4, -0.2) is 16.5 Å². The molecule has 23 heavy (non-hydrogen) atoms. The lowest BCUT2D eigenvalue weighted by atomic mass is 9.98. The Labute approximate surface area is 133 Å². The van der Waals surface area contributed by atoms with E-state index in [0.717, 1.165) is 10.9 Å². The van der Waals surface area contributed by atoms with Crippen LogP contribution in [0.5, 0.6) is 5.75 Å². The number of nitro groups is 1. The van der Waals surface area contributed by atoms with Crippen molar-refractivity contribution in [3.05, 3.63) is 76.5 Å². The number of para-hydroxylation sites is 1. The van der Waals surface area contributed by atoms with E-state index in [0.29, 0.717) is 12.4 Å². The van der Waals surface area contributed by atoms with Gasteiger partial charge in [-0.3, -0.25) is 15.1 Å². The monoisotopic (exact) mass is 308 g/mol. The number of non-ortho nitro benzene ring substituents is 1. The van der Waals surface area contributed by atoms with Gasteiger partial charge in [0.05, 0.1) is 17.0 Å². The molecule has 1 heterocycles. The topological polar surface area (TPSA) is 65.3 Å². The summed E-state index contributed by atoms with van der Waals surface area (Å²) in [4.78, 5) is 14.6. The number of hydrogen-bond donors (Lipinski definition) is 0. The highest BCUT2D eigenvalue weighted by Gasteiger charge is 2.11. The maximum atomic E-state index is 10.6. The van der Waals surface area contributed by atoms with E-state index in [9.17, 15) is 10.1 Å². The molecule has 3 aromatic rings. The highest BCUT2D eigenvalue weighted by Crippen LogP contribution is 2.25. The minimum atomic E-state index is -0.421. The van der Waals surface area contributed by atoms with Gasteiger partial charge in [0.25, 0.3) is 5.69 Å². The molecular formula is C18H16N2O3. The lowest BCUT2D eigenvalue weighted by Crippen LogP contribution is -2.07. The third-order valence-corrected chi connectivity index (χ3v) is 3.76. The largest absolute Gasteiger partial charge is 0.493 e. The van der Waals surface area contributed by atoms with Crippen molar-refractivity contribution in [3.8, 4) is 5.75 Å². The summed E-state index contributed by atoms with van der Waals surface area (Å²) >= 11 is 0. The number of hydrogen-bond acceptors (Lipinski definition) is 4. The first kappa shape index (κ1) is 15.0. The zero-order valence-corrected chi connectivity index (χ0v) is 12.7. The average Bonchev–Trinajstić information content (AvgIpc) is 2.59. The fraction of sp³-hybridized carbons (Fsp3) is 0.167. The summed E-state index contributed by atoms with van der Waals surface area (Å²) in [6.45, 7) is 2.58. The predicted octanol–water partition coefficient (Wildman–Crippen LogP) is 4.33. The van der Waals surface area contributed by atoms with E-state index in [2.05, 4.69) is 18.0 Å². The van der Waals surface area contributed by atoms with Gasteiger partial charge in [-0.15, -0.1) is 0 Å². The van der Waals surface area contributed by atoms with Crippen LogP contribution in [0.1, 0.15) is 18.4 Å². The van der Waals surface area contributed by atoms with Gasteiger partial charge in [-0.25, -0.2) is 0 Å². The third-order valence-electron chi connectivity index (χ3n) is 3.76. The van der Waals surface area contributed by atoms with Crippen LogP contribution in [0.3, 0.4) is 0 Å². The maximum Gasteiger partial charge on any atom is 0.269 e. The molecule has 0 bridgehead atoms. The molecule has 0 saturated carbocycles. The Morgan fingerprint density at radius 3 is 2.61 bits per heavy atom. The minimum absolute atomic E-state index is 0.0607. The molecular weight excluding hydrogens is 292 g/mol. The number of benzene rings is 2. The highest BCUT2D eigenvalue weighted by atomic mass is 16.6. The molecule has 3 rings (SSSR count). The van der Waals surface area contributed by atoms with Gasteiger partial charge in [0.1, 0.15) is 5.75 Å². The molecule has 0 amide bonds. The average molecular weight is 308 g/mol. The second-order valence-corrected chi connectivity index (χ2v) is 5.38. The zero-order valence-electron chi connectivity index (χ0n) is 12.7. The number of nitro benzene ring substituents is 1. The van der Waals surface area contributed by atoms with Crippen molar-refractivity contribution in [1.82, 2.24) is 4.98 Å².